The Morgan fingerprint density at radius 1 is 1.00 bits per heavy atom. The first-order valence-electron chi connectivity index (χ1n) is 11.3. The Labute approximate surface area is 194 Å². The van der Waals surface area contributed by atoms with Crippen molar-refractivity contribution in [3.63, 3.8) is 0 Å². The quantitative estimate of drug-likeness (QED) is 0.354. The number of aliphatic carboxylic acids is 1. The van der Waals surface area contributed by atoms with E-state index in [-0.39, 0.29) is 29.2 Å². The SMILES string of the molecule is CN[C@H](C(=O)N[C@H](C=C[C@@H](C=C(C)C(=O)O)C(C)C)C(C)(C)C)C(C)(C)c1ccccc1. The third-order valence-electron chi connectivity index (χ3n) is 6.10. The fraction of sp³-hybridized carbons (Fsp3) is 0.556. The van der Waals surface area contributed by atoms with Crippen molar-refractivity contribution in [2.45, 2.75) is 72.9 Å². The maximum absolute atomic E-state index is 13.4. The molecule has 0 aromatic heterocycles. The summed E-state index contributed by atoms with van der Waals surface area (Å²) in [5.41, 5.74) is 0.790. The van der Waals surface area contributed by atoms with Crippen molar-refractivity contribution in [1.82, 2.24) is 10.6 Å². The van der Waals surface area contributed by atoms with Gasteiger partial charge in [0.25, 0.3) is 0 Å². The van der Waals surface area contributed by atoms with Gasteiger partial charge in [0.15, 0.2) is 0 Å². The number of likely N-dealkylation sites (N-methyl/N-ethyl adjacent to an activating group) is 1. The summed E-state index contributed by atoms with van der Waals surface area (Å²) >= 11 is 0. The van der Waals surface area contributed by atoms with Gasteiger partial charge in [-0.25, -0.2) is 4.79 Å². The molecule has 0 spiro atoms. The standard InChI is InChI=1S/C27H42N2O3/c1-18(2)20(17-19(3)25(31)32)15-16-22(26(4,5)6)29-24(30)23(28-9)27(7,8)21-13-11-10-12-14-21/h10-18,20,22-23,28H,1-9H3,(H,29,30)(H,31,32)/t20-,22+,23+/m0/s1. The molecule has 5 nitrogen and oxygen atoms in total. The molecule has 1 amide bonds. The number of carbonyl (C=O) groups excluding carboxylic acids is 1. The lowest BCUT2D eigenvalue weighted by molar-refractivity contribution is -0.132. The summed E-state index contributed by atoms with van der Waals surface area (Å²) in [6.45, 7) is 16.1. The zero-order valence-electron chi connectivity index (χ0n) is 21.2. The second kappa shape index (κ2) is 11.5. The van der Waals surface area contributed by atoms with Gasteiger partial charge >= 0.3 is 5.97 Å². The Hall–Kier alpha value is -2.40. The van der Waals surface area contributed by atoms with E-state index in [0.29, 0.717) is 5.57 Å². The van der Waals surface area contributed by atoms with Gasteiger partial charge in [-0.15, -0.1) is 0 Å². The van der Waals surface area contributed by atoms with E-state index in [9.17, 15) is 14.7 Å². The van der Waals surface area contributed by atoms with Crippen molar-refractivity contribution in [3.8, 4) is 0 Å². The Morgan fingerprint density at radius 3 is 2.00 bits per heavy atom. The number of nitrogens with one attached hydrogen (secondary N) is 2. The second-order valence-corrected chi connectivity index (χ2v) is 10.5. The van der Waals surface area contributed by atoms with Crippen LogP contribution < -0.4 is 10.6 Å². The number of allylic oxidation sites excluding steroid dienone is 2. The summed E-state index contributed by atoms with van der Waals surface area (Å²) in [5, 5.41) is 15.7. The van der Waals surface area contributed by atoms with Crippen molar-refractivity contribution in [3.05, 3.63) is 59.7 Å². The highest BCUT2D eigenvalue weighted by Gasteiger charge is 2.37. The lowest BCUT2D eigenvalue weighted by atomic mass is 9.76. The molecule has 0 aliphatic carbocycles. The summed E-state index contributed by atoms with van der Waals surface area (Å²) in [7, 11) is 1.81. The molecule has 1 aromatic carbocycles. The molecule has 3 N–H and O–H groups in total. The van der Waals surface area contributed by atoms with Gasteiger partial charge in [-0.1, -0.05) is 97.0 Å². The summed E-state index contributed by atoms with van der Waals surface area (Å²) in [6, 6.07) is 9.41. The summed E-state index contributed by atoms with van der Waals surface area (Å²) in [6.07, 6.45) is 5.81. The van der Waals surface area contributed by atoms with E-state index in [1.807, 2.05) is 49.5 Å². The molecule has 5 heteroatoms. The molecule has 3 atom stereocenters. The zero-order chi connectivity index (χ0) is 24.7. The molecule has 0 fully saturated rings. The highest BCUT2D eigenvalue weighted by atomic mass is 16.4. The molecular weight excluding hydrogens is 400 g/mol. The Bertz CT molecular complexity index is 817. The van der Waals surface area contributed by atoms with Crippen LogP contribution >= 0.6 is 0 Å². The van der Waals surface area contributed by atoms with Crippen LogP contribution in [0.2, 0.25) is 0 Å². The molecule has 178 valence electrons. The molecular formula is C27H42N2O3. The van der Waals surface area contributed by atoms with Crippen molar-refractivity contribution < 1.29 is 14.7 Å². The topological polar surface area (TPSA) is 78.4 Å². The van der Waals surface area contributed by atoms with Gasteiger partial charge in [-0.2, -0.15) is 0 Å². The number of benzene rings is 1. The molecule has 0 bridgehead atoms. The monoisotopic (exact) mass is 442 g/mol. The molecule has 0 unspecified atom stereocenters. The Kier molecular flexibility index (Phi) is 9.90. The van der Waals surface area contributed by atoms with Crippen LogP contribution in [-0.2, 0) is 15.0 Å². The van der Waals surface area contributed by atoms with Gasteiger partial charge in [0.05, 0.1) is 12.1 Å². The normalized spacial score (nSPS) is 16.1. The molecule has 0 saturated carbocycles. The average Bonchev–Trinajstić information content (AvgIpc) is 2.69. The van der Waals surface area contributed by atoms with Crippen LogP contribution in [0.4, 0.5) is 0 Å². The second-order valence-electron chi connectivity index (χ2n) is 10.5. The van der Waals surface area contributed by atoms with Gasteiger partial charge in [0.2, 0.25) is 5.91 Å². The molecule has 1 aromatic rings. The smallest absolute Gasteiger partial charge is 0.330 e. The number of hydrogen-bond acceptors (Lipinski definition) is 3. The number of hydrogen-bond donors (Lipinski definition) is 3. The van der Waals surface area contributed by atoms with E-state index >= 15 is 0 Å². The highest BCUT2D eigenvalue weighted by molar-refractivity contribution is 5.86. The fourth-order valence-electron chi connectivity index (χ4n) is 3.71. The van der Waals surface area contributed by atoms with Gasteiger partial charge in [-0.3, -0.25) is 4.79 Å². The first kappa shape index (κ1) is 27.6. The van der Waals surface area contributed by atoms with Crippen molar-refractivity contribution in [1.29, 1.82) is 0 Å². The Morgan fingerprint density at radius 2 is 1.56 bits per heavy atom. The molecule has 32 heavy (non-hydrogen) atoms. The average molecular weight is 443 g/mol. The number of carboxylic acid groups (broad SMARTS) is 1. The van der Waals surface area contributed by atoms with Crippen LogP contribution in [0.1, 0.15) is 61.0 Å². The van der Waals surface area contributed by atoms with E-state index in [2.05, 4.69) is 59.1 Å². The van der Waals surface area contributed by atoms with Crippen LogP contribution in [0.15, 0.2) is 54.1 Å². The summed E-state index contributed by atoms with van der Waals surface area (Å²) < 4.78 is 0. The molecule has 0 radical (unpaired) electrons. The number of carboxylic acids is 1. The number of rotatable bonds is 10. The van der Waals surface area contributed by atoms with Gasteiger partial charge in [0, 0.05) is 11.0 Å². The highest BCUT2D eigenvalue weighted by Crippen LogP contribution is 2.28. The predicted octanol–water partition coefficient (Wildman–Crippen LogP) is 4.94. The Balaban J connectivity index is 3.18. The third kappa shape index (κ3) is 7.63. The van der Waals surface area contributed by atoms with E-state index in [1.54, 1.807) is 13.0 Å². The molecule has 0 aliphatic heterocycles. The maximum Gasteiger partial charge on any atom is 0.330 e. The lowest BCUT2D eigenvalue weighted by Crippen LogP contribution is -2.56. The van der Waals surface area contributed by atoms with Crippen molar-refractivity contribution in [2.24, 2.45) is 17.3 Å². The molecule has 0 saturated heterocycles. The lowest BCUT2D eigenvalue weighted by Gasteiger charge is -2.37. The minimum atomic E-state index is -0.912. The summed E-state index contributed by atoms with van der Waals surface area (Å²) in [4.78, 5) is 24.7. The third-order valence-corrected chi connectivity index (χ3v) is 6.10. The van der Waals surface area contributed by atoms with E-state index in [4.69, 9.17) is 0 Å². The van der Waals surface area contributed by atoms with Crippen LogP contribution in [0.3, 0.4) is 0 Å². The largest absolute Gasteiger partial charge is 0.478 e. The first-order valence-corrected chi connectivity index (χ1v) is 11.3. The fourth-order valence-corrected chi connectivity index (χ4v) is 3.71. The van der Waals surface area contributed by atoms with Crippen LogP contribution in [0, 0.1) is 17.3 Å². The molecule has 1 rings (SSSR count). The number of carbonyl (C=O) groups is 2. The van der Waals surface area contributed by atoms with Crippen LogP contribution in [0.25, 0.3) is 0 Å². The van der Waals surface area contributed by atoms with Gasteiger partial charge < -0.3 is 15.7 Å². The summed E-state index contributed by atoms with van der Waals surface area (Å²) in [5.74, 6) is -0.776. The molecule has 0 heterocycles. The van der Waals surface area contributed by atoms with Crippen LogP contribution in [-0.4, -0.2) is 36.1 Å². The van der Waals surface area contributed by atoms with Gasteiger partial charge in [-0.05, 0) is 36.8 Å². The minimum Gasteiger partial charge on any atom is -0.478 e. The maximum atomic E-state index is 13.4. The van der Waals surface area contributed by atoms with E-state index in [0.717, 1.165) is 5.56 Å². The van der Waals surface area contributed by atoms with E-state index in [1.165, 1.54) is 0 Å². The van der Waals surface area contributed by atoms with Crippen molar-refractivity contribution >= 4 is 11.9 Å². The first-order chi connectivity index (χ1) is 14.7. The van der Waals surface area contributed by atoms with Crippen LogP contribution in [0.5, 0.6) is 0 Å². The van der Waals surface area contributed by atoms with Crippen molar-refractivity contribution in [2.75, 3.05) is 7.05 Å². The number of amides is 1. The minimum absolute atomic E-state index is 0.0336. The molecule has 0 aliphatic rings. The van der Waals surface area contributed by atoms with Gasteiger partial charge in [0.1, 0.15) is 0 Å². The zero-order valence-corrected chi connectivity index (χ0v) is 21.2. The van der Waals surface area contributed by atoms with E-state index < -0.39 is 17.4 Å². The predicted molar refractivity (Wildman–Crippen MR) is 133 cm³/mol.